The van der Waals surface area contributed by atoms with Crippen molar-refractivity contribution in [1.29, 1.82) is 0 Å². The molecular weight excluding hydrogens is 1790 g/mol. The predicted molar refractivity (Wildman–Crippen MR) is 471 cm³/mol. The molecule has 16 N–H and O–H groups in total. The van der Waals surface area contributed by atoms with Crippen molar-refractivity contribution in [2.45, 2.75) is 354 Å². The molecule has 12 aliphatic rings. The molecular formula is C84H140Cl8Mn4N20. The molecule has 116 heavy (non-hydrogen) atoms. The normalized spacial score (nSPS) is 31.1. The standard InChI is InChI=1S/4C21H35N5.8ClH.4Mn/c4*1-3-10-20-18(8-1)22-12-13-23-19-9-2-4-11-21(19)25-15-17-7-5-6-16(26-17)14-24-20;;;;;;;;;;;;/h4*5-7,18-25H,1-4,8-15H2;8*1H;;;;/q;;;;;;;;;;;;4*+2/p-8/t4*18-,19-,20-,21-;;;;;;;;;;;;/m1100............/s1. The van der Waals surface area contributed by atoms with Gasteiger partial charge in [-0.05, 0) is 151 Å². The molecule has 8 heterocycles. The Morgan fingerprint density at radius 3 is 0.371 bits per heavy atom. The van der Waals surface area contributed by atoms with Crippen molar-refractivity contribution in [2.75, 3.05) is 52.4 Å². The van der Waals surface area contributed by atoms with Crippen molar-refractivity contribution in [3.05, 3.63) is 118 Å². The summed E-state index contributed by atoms with van der Waals surface area (Å²) in [5.41, 5.74) is 9.35. The van der Waals surface area contributed by atoms with Gasteiger partial charge in [-0.2, -0.15) is 0 Å². The number of nitrogens with zero attached hydrogens (tertiary/aromatic N) is 4. The smallest absolute Gasteiger partial charge is 0.0545 e. The minimum atomic E-state index is 0.00694. The molecule has 4 aromatic rings. The van der Waals surface area contributed by atoms with Crippen molar-refractivity contribution in [3.8, 4) is 0 Å². The molecule has 0 spiro atoms. The Labute approximate surface area is 756 Å². The number of hydrogen-bond acceptors (Lipinski definition) is 20. The van der Waals surface area contributed by atoms with Gasteiger partial charge in [0, 0.05) is 201 Å². The van der Waals surface area contributed by atoms with Crippen molar-refractivity contribution in [3.63, 3.8) is 0 Å². The molecule has 0 radical (unpaired) electrons. The summed E-state index contributed by atoms with van der Waals surface area (Å²) in [6.07, 6.45) is 42.1. The Balaban J connectivity index is 0.000000169. The van der Waals surface area contributed by atoms with E-state index in [1.54, 1.807) is 0 Å². The minimum Gasteiger partial charge on any atom is -0.311 e. The number of halogens is 8. The van der Waals surface area contributed by atoms with Crippen molar-refractivity contribution < 1.29 is 52.5 Å². The minimum absolute atomic E-state index is 0.00694. The van der Waals surface area contributed by atoms with Crippen LogP contribution in [0.4, 0.5) is 0 Å². The maximum atomic E-state index is 4.89. The molecule has 0 saturated heterocycles. The summed E-state index contributed by atoms with van der Waals surface area (Å²) >= 11 is 0.0278. The van der Waals surface area contributed by atoms with Crippen LogP contribution in [0.5, 0.6) is 0 Å². The molecule has 16 atom stereocenters. The molecule has 4 aromatic heterocycles. The summed E-state index contributed by atoms with van der Waals surface area (Å²) in [4.78, 5) is 19.6. The zero-order chi connectivity index (χ0) is 81.3. The quantitative estimate of drug-likeness (QED) is 0.0732. The molecule has 32 heteroatoms. The number of pyridine rings is 4. The molecule has 0 unspecified atom stereocenters. The maximum absolute atomic E-state index is 4.89. The summed E-state index contributed by atoms with van der Waals surface area (Å²) in [6.45, 7) is 15.5. The van der Waals surface area contributed by atoms with Gasteiger partial charge >= 0.3 is 133 Å². The van der Waals surface area contributed by atoms with E-state index in [1.165, 1.54) is 251 Å². The molecule has 0 amide bonds. The monoisotopic (exact) mass is 1930 g/mol. The van der Waals surface area contributed by atoms with Crippen LogP contribution in [0.3, 0.4) is 0 Å². The summed E-state index contributed by atoms with van der Waals surface area (Å²) in [6, 6.07) is 35.2. The number of hydrogen-bond donors (Lipinski definition) is 16. The summed E-state index contributed by atoms with van der Waals surface area (Å²) in [7, 11) is 38.4. The molecule has 8 bridgehead atoms. The fraction of sp³-hybridized carbons (Fsp3) is 0.762. The van der Waals surface area contributed by atoms with E-state index >= 15 is 0 Å². The van der Waals surface area contributed by atoms with Crippen molar-refractivity contribution >= 4 is 80.8 Å². The van der Waals surface area contributed by atoms with Crippen LogP contribution in [0, 0.1) is 0 Å². The van der Waals surface area contributed by atoms with E-state index in [4.69, 9.17) is 101 Å². The Morgan fingerprint density at radius 1 is 0.172 bits per heavy atom. The first-order chi connectivity index (χ1) is 57.2. The van der Waals surface area contributed by atoms with Crippen LogP contribution in [0.25, 0.3) is 0 Å². The van der Waals surface area contributed by atoms with E-state index < -0.39 is 0 Å². The van der Waals surface area contributed by atoms with Gasteiger partial charge < -0.3 is 85.1 Å². The third-order valence-electron chi connectivity index (χ3n) is 25.7. The molecule has 16 rings (SSSR count). The van der Waals surface area contributed by atoms with Crippen LogP contribution in [0.2, 0.25) is 0 Å². The first-order valence-corrected chi connectivity index (χ1v) is 57.2. The largest absolute Gasteiger partial charge is 0.311 e. The average molecular weight is 1930 g/mol. The van der Waals surface area contributed by atoms with Crippen molar-refractivity contribution in [2.24, 2.45) is 0 Å². The number of rotatable bonds is 0. The molecule has 8 fully saturated rings. The van der Waals surface area contributed by atoms with Crippen LogP contribution < -0.4 is 85.1 Å². The number of nitrogens with one attached hydrogen (secondary N) is 16. The first kappa shape index (κ1) is 100. The number of fused-ring (bicyclic) bond motifs is 16. The van der Waals surface area contributed by atoms with Gasteiger partial charge in [0.25, 0.3) is 0 Å². The molecule has 8 aliphatic carbocycles. The van der Waals surface area contributed by atoms with E-state index in [-0.39, 0.29) is 52.5 Å². The van der Waals surface area contributed by atoms with Gasteiger partial charge in [-0.1, -0.05) is 127 Å². The molecule has 4 aliphatic heterocycles. The van der Waals surface area contributed by atoms with Crippen LogP contribution in [-0.4, -0.2) is 169 Å². The fourth-order valence-corrected chi connectivity index (χ4v) is 19.8. The van der Waals surface area contributed by atoms with Gasteiger partial charge in [0.1, 0.15) is 0 Å². The van der Waals surface area contributed by atoms with Gasteiger partial charge in [-0.15, -0.1) is 0 Å². The third-order valence-corrected chi connectivity index (χ3v) is 25.7. The SMILES string of the molecule is [Cl][Mn][Cl].[Cl][Mn][Cl].[Cl][Mn][Cl].[Cl][Mn][Cl].c1cc2nc(c1)CN[C@@H]1CCCC[C@H]1NCCN[C@@H]1CCCC[C@H]1NC2.c1cc2nc(c1)CN[C@@H]1CCCC[C@H]1NCCN[C@@H]1CCCC[C@H]1NC2.c1cc2nc(c1)CN[C@H]1CCCC[C@@H]1NCCN[C@H]1CCCC[C@@H]1NC2.c1cc2nc(c1)CN[C@H]1CCCC[C@@H]1NCCN[C@H]1CCCC[C@@H]1NC2. The first-order valence-electron chi connectivity index (χ1n) is 44.2. The van der Waals surface area contributed by atoms with E-state index in [0.717, 1.165) is 105 Å². The van der Waals surface area contributed by atoms with Crippen LogP contribution in [0.15, 0.2) is 72.8 Å². The molecule has 660 valence electrons. The van der Waals surface area contributed by atoms with E-state index in [0.29, 0.717) is 96.7 Å². The van der Waals surface area contributed by atoms with Gasteiger partial charge in [0.15, 0.2) is 0 Å². The van der Waals surface area contributed by atoms with Gasteiger partial charge in [0.05, 0.1) is 45.6 Å². The number of aromatic nitrogens is 4. The van der Waals surface area contributed by atoms with Gasteiger partial charge in [-0.3, -0.25) is 19.9 Å². The zero-order valence-electron chi connectivity index (χ0n) is 68.4. The van der Waals surface area contributed by atoms with Crippen LogP contribution in [-0.2, 0) is 105 Å². The molecule has 8 saturated carbocycles. The summed E-state index contributed by atoms with van der Waals surface area (Å²) in [5, 5.41) is 60.9. The Morgan fingerprint density at radius 2 is 0.267 bits per heavy atom. The van der Waals surface area contributed by atoms with E-state index in [1.807, 2.05) is 0 Å². The van der Waals surface area contributed by atoms with Crippen LogP contribution >= 0.6 is 80.8 Å². The topological polar surface area (TPSA) is 244 Å². The Kier molecular flexibility index (Phi) is 53.3. The second kappa shape index (κ2) is 61.7. The van der Waals surface area contributed by atoms with Crippen molar-refractivity contribution in [1.82, 2.24) is 105 Å². The predicted octanol–water partition coefficient (Wildman–Crippen LogP) is 13.8. The maximum Gasteiger partial charge on any atom is 0.0545 e. The second-order valence-electron chi connectivity index (χ2n) is 33.4. The fourth-order valence-electron chi connectivity index (χ4n) is 19.8. The van der Waals surface area contributed by atoms with Crippen LogP contribution in [0.1, 0.15) is 251 Å². The molecule has 20 nitrogen and oxygen atoms in total. The summed E-state index contributed by atoms with van der Waals surface area (Å²) in [5.74, 6) is 0. The van der Waals surface area contributed by atoms with Gasteiger partial charge in [0.2, 0.25) is 0 Å². The average Bonchev–Trinajstić information content (AvgIpc) is 1.64. The Hall–Kier alpha value is 0.358. The third kappa shape index (κ3) is 38.1. The molecule has 0 aromatic carbocycles. The van der Waals surface area contributed by atoms with Gasteiger partial charge in [-0.25, -0.2) is 0 Å². The zero-order valence-corrected chi connectivity index (χ0v) is 79.2. The summed E-state index contributed by atoms with van der Waals surface area (Å²) < 4.78 is 0. The Bertz CT molecular complexity index is 2600. The second-order valence-corrected chi connectivity index (χ2v) is 41.2. The van der Waals surface area contributed by atoms with E-state index in [9.17, 15) is 0 Å². The van der Waals surface area contributed by atoms with E-state index in [2.05, 4.69) is 158 Å².